The smallest absolute Gasteiger partial charge is 0.413 e. The topological polar surface area (TPSA) is 93.1 Å². The van der Waals surface area contributed by atoms with Crippen LogP contribution in [0.5, 0.6) is 0 Å². The number of fused-ring (bicyclic) bond motifs is 2. The Balaban J connectivity index is 0.000000748. The SMILES string of the molecule is C.CC(C)(CCC[C@](C)(CC#CC(O[Si](C)(C)C)(C(F)(F)F)C(F)(F)F)[C@H]1CCC2C(=O)CCC[C@@]21C)O[Si](C)(C)C.CC(C)(O)CCC[C@](C)(CC#CC(O)(C(F)(F)F)C(F)(F)F)[C@H]1CCC2C(=O)CCC[C@@]21C.ClCCl. The first-order valence-corrected chi connectivity index (χ1v) is 34.5. The number of Topliss-reactive ketones (excluding diaryl/α,β-unsaturated/α-hetero) is 2. The zero-order chi connectivity index (χ0) is 60.1. The first-order chi connectivity index (χ1) is 34.4. The lowest BCUT2D eigenvalue weighted by molar-refractivity contribution is -0.343. The molecule has 0 aromatic carbocycles. The number of hydrogen-bond donors (Lipinski definition) is 2. The van der Waals surface area contributed by atoms with E-state index in [1.165, 1.54) is 19.6 Å². The van der Waals surface area contributed by atoms with Gasteiger partial charge in [0, 0.05) is 37.5 Å². The minimum Gasteiger partial charge on any atom is -0.413 e. The van der Waals surface area contributed by atoms with Crippen LogP contribution in [0.2, 0.25) is 39.3 Å². The van der Waals surface area contributed by atoms with Crippen LogP contribution < -0.4 is 0 Å². The van der Waals surface area contributed by atoms with E-state index < -0.39 is 80.0 Å². The third-order valence-corrected chi connectivity index (χ3v) is 18.7. The highest BCUT2D eigenvalue weighted by molar-refractivity contribution is 6.70. The second-order valence-corrected chi connectivity index (χ2v) is 36.1. The Labute approximate surface area is 470 Å². The highest BCUT2D eigenvalue weighted by atomic mass is 35.5. The van der Waals surface area contributed by atoms with Gasteiger partial charge in [-0.1, -0.05) is 59.8 Å². The molecule has 0 bridgehead atoms. The Hall–Kier alpha value is -1.53. The molecule has 4 saturated carbocycles. The quantitative estimate of drug-likeness (QED) is 0.0692. The van der Waals surface area contributed by atoms with Crippen LogP contribution in [0.3, 0.4) is 0 Å². The van der Waals surface area contributed by atoms with Crippen LogP contribution in [0, 0.1) is 69.0 Å². The van der Waals surface area contributed by atoms with Gasteiger partial charge in [-0.2, -0.15) is 52.7 Å². The lowest BCUT2D eigenvalue weighted by Gasteiger charge is -2.48. The van der Waals surface area contributed by atoms with Gasteiger partial charge in [0.2, 0.25) is 0 Å². The molecule has 78 heavy (non-hydrogen) atoms. The molecule has 0 radical (unpaired) electrons. The highest BCUT2D eigenvalue weighted by Crippen LogP contribution is 2.63. The molecule has 22 heteroatoms. The van der Waals surface area contributed by atoms with Crippen molar-refractivity contribution in [1.82, 2.24) is 0 Å². The molecule has 0 saturated heterocycles. The van der Waals surface area contributed by atoms with Gasteiger partial charge >= 0.3 is 35.9 Å². The molecule has 4 aliphatic rings. The Morgan fingerprint density at radius 3 is 1.23 bits per heavy atom. The van der Waals surface area contributed by atoms with Crippen LogP contribution >= 0.6 is 23.2 Å². The molecule has 8 atom stereocenters. The summed E-state index contributed by atoms with van der Waals surface area (Å²) < 4.78 is 174. The summed E-state index contributed by atoms with van der Waals surface area (Å²) in [7, 11) is -5.17. The Kier molecular flexibility index (Phi) is 25.4. The van der Waals surface area contributed by atoms with Crippen molar-refractivity contribution < 1.29 is 81.3 Å². The fourth-order valence-corrected chi connectivity index (χ4v) is 16.6. The van der Waals surface area contributed by atoms with E-state index in [1.807, 2.05) is 33.6 Å². The van der Waals surface area contributed by atoms with Gasteiger partial charge in [0.1, 0.15) is 11.6 Å². The molecule has 0 aromatic heterocycles. The van der Waals surface area contributed by atoms with Crippen molar-refractivity contribution in [2.24, 2.45) is 45.3 Å². The van der Waals surface area contributed by atoms with Gasteiger partial charge in [-0.15, -0.1) is 23.2 Å². The van der Waals surface area contributed by atoms with Crippen molar-refractivity contribution in [2.45, 2.75) is 265 Å². The fourth-order valence-electron chi connectivity index (χ4n) is 13.6. The molecule has 0 amide bonds. The molecule has 2 N–H and O–H groups in total. The zero-order valence-corrected chi connectivity index (χ0v) is 51.1. The summed E-state index contributed by atoms with van der Waals surface area (Å²) in [5, 5.41) is 19.7. The average molecular weight is 1210 g/mol. The van der Waals surface area contributed by atoms with Gasteiger partial charge in [0.05, 0.1) is 16.5 Å². The van der Waals surface area contributed by atoms with E-state index in [0.717, 1.165) is 25.2 Å². The summed E-state index contributed by atoms with van der Waals surface area (Å²) in [6, 6.07) is 0. The third kappa shape index (κ3) is 18.7. The molecule has 6 nitrogen and oxygen atoms in total. The van der Waals surface area contributed by atoms with Crippen LogP contribution in [0.25, 0.3) is 0 Å². The molecule has 4 fully saturated rings. The maximum absolute atomic E-state index is 14.1. The Morgan fingerprint density at radius 1 is 0.564 bits per heavy atom. The minimum absolute atomic E-state index is 0. The van der Waals surface area contributed by atoms with E-state index in [0.29, 0.717) is 83.5 Å². The summed E-state index contributed by atoms with van der Waals surface area (Å²) in [5.74, 6) is 7.05. The van der Waals surface area contributed by atoms with E-state index in [4.69, 9.17) is 32.1 Å². The van der Waals surface area contributed by atoms with Gasteiger partial charge < -0.3 is 19.1 Å². The molecule has 4 aliphatic carbocycles. The van der Waals surface area contributed by atoms with E-state index in [2.05, 4.69) is 32.5 Å². The van der Waals surface area contributed by atoms with Gasteiger partial charge in [0.25, 0.3) is 0 Å². The molecule has 0 aromatic rings. The summed E-state index contributed by atoms with van der Waals surface area (Å²) in [6.07, 6.45) is -14.0. The summed E-state index contributed by atoms with van der Waals surface area (Å²) in [4.78, 5) is 25.3. The Bertz CT molecular complexity index is 2080. The number of rotatable bonds is 16. The van der Waals surface area contributed by atoms with Gasteiger partial charge in [-0.05, 0) is 189 Å². The lowest BCUT2D eigenvalue weighted by atomic mass is 9.56. The molecule has 456 valence electrons. The molecular formula is C56H90Cl2F12O6Si2. The number of halogens is 14. The van der Waals surface area contributed by atoms with Crippen LogP contribution in [-0.2, 0) is 18.4 Å². The zero-order valence-electron chi connectivity index (χ0n) is 47.6. The third-order valence-electron chi connectivity index (χ3n) is 16.7. The van der Waals surface area contributed by atoms with Crippen molar-refractivity contribution in [3.8, 4) is 23.7 Å². The van der Waals surface area contributed by atoms with Crippen LogP contribution in [0.1, 0.15) is 178 Å². The average Bonchev–Trinajstić information content (AvgIpc) is 3.76. The van der Waals surface area contributed by atoms with Crippen LogP contribution in [0.15, 0.2) is 0 Å². The lowest BCUT2D eigenvalue weighted by Crippen LogP contribution is -2.61. The summed E-state index contributed by atoms with van der Waals surface area (Å²) >= 11 is 9.53. The summed E-state index contributed by atoms with van der Waals surface area (Å²) in [5.41, 5.74) is -13.2. The molecular weight excluding hydrogens is 1120 g/mol. The van der Waals surface area contributed by atoms with E-state index in [1.54, 1.807) is 26.7 Å². The molecule has 0 aliphatic heterocycles. The number of hydrogen-bond acceptors (Lipinski definition) is 6. The van der Waals surface area contributed by atoms with Crippen LogP contribution in [0.4, 0.5) is 52.7 Å². The highest BCUT2D eigenvalue weighted by Gasteiger charge is 2.73. The second kappa shape index (κ2) is 26.6. The number of ketones is 2. The maximum atomic E-state index is 14.1. The molecule has 2 unspecified atom stereocenters. The van der Waals surface area contributed by atoms with Crippen molar-refractivity contribution >= 4 is 51.4 Å². The number of carbonyl (C=O) groups excluding carboxylic acids is 2. The van der Waals surface area contributed by atoms with Crippen LogP contribution in [-0.4, -0.2) is 90.9 Å². The first kappa shape index (κ1) is 74.5. The molecule has 0 spiro atoms. The van der Waals surface area contributed by atoms with Crippen molar-refractivity contribution in [3.63, 3.8) is 0 Å². The van der Waals surface area contributed by atoms with Gasteiger partial charge in [-0.25, -0.2) is 0 Å². The number of aliphatic hydroxyl groups is 2. The van der Waals surface area contributed by atoms with E-state index in [-0.39, 0.29) is 66.3 Å². The maximum Gasteiger partial charge on any atom is 0.438 e. The van der Waals surface area contributed by atoms with Crippen molar-refractivity contribution in [3.05, 3.63) is 0 Å². The second-order valence-electron chi connectivity index (χ2n) is 26.5. The standard InChI is InChI=1S/C30H50F6O3Si2.C24H34F6O3.CH2Cl2.CH4/c1-25(2,38-40(5,6)7)17-12-18-26(3,24-16-15-22-23(37)14-11-20-27(22,24)4)19-13-21-28(29(31,32)33,30(34,35)36)39-41(8,9)10;1-19(2,32)11-6-12-20(3,13-7-15-22(33,23(25,26)27)24(28,29)30)18-10-9-16-17(31)8-5-14-21(16,18)4;2-1-3;/h22,24H,11-12,14-20H2,1-10H3;16,18,32-33H,5-6,8-14H2,1-4H3;1H2;1H4/t22?,24-,26-,27+;16?,18-,20-,21+;;/m11../s1. The predicted octanol–water partition coefficient (Wildman–Crippen LogP) is 17.7. The molecule has 4 rings (SSSR count). The van der Waals surface area contributed by atoms with Crippen molar-refractivity contribution in [2.75, 3.05) is 5.34 Å². The molecule has 0 heterocycles. The number of alkyl halides is 14. The first-order valence-electron chi connectivity index (χ1n) is 26.7. The fraction of sp³-hybridized carbons (Fsp3) is 0.893. The Morgan fingerprint density at radius 2 is 0.910 bits per heavy atom. The monoisotopic (exact) mass is 1210 g/mol. The van der Waals surface area contributed by atoms with E-state index >= 15 is 0 Å². The van der Waals surface area contributed by atoms with Crippen molar-refractivity contribution in [1.29, 1.82) is 0 Å². The largest absolute Gasteiger partial charge is 0.438 e. The van der Waals surface area contributed by atoms with E-state index in [9.17, 15) is 72.5 Å². The van der Waals surface area contributed by atoms with Gasteiger partial charge in [-0.3, -0.25) is 9.59 Å². The normalized spacial score (nSPS) is 26.2. The predicted molar refractivity (Wildman–Crippen MR) is 290 cm³/mol. The number of carbonyl (C=O) groups is 2. The summed E-state index contributed by atoms with van der Waals surface area (Å²) in [6.45, 7) is 25.3. The van der Waals surface area contributed by atoms with Gasteiger partial charge in [0.15, 0.2) is 16.6 Å². The minimum atomic E-state index is -5.99.